The minimum absolute atomic E-state index is 0.0232. The lowest BCUT2D eigenvalue weighted by Gasteiger charge is -2.29. The number of hydrogen-bond donors (Lipinski definition) is 1. The average molecular weight is 437 g/mol. The number of nitrogens with one attached hydrogen (secondary N) is 1. The van der Waals surface area contributed by atoms with Crippen LogP contribution in [0, 0.1) is 5.82 Å². The normalized spacial score (nSPS) is 11.9. The predicted molar refractivity (Wildman–Crippen MR) is 117 cm³/mol. The highest BCUT2D eigenvalue weighted by molar-refractivity contribution is 7.99. The standard InChI is InChI=1S/C22H26ClFN2O2S/c1-15(2)25-22(28)16(3)26(12-17-7-9-20(24)10-8-17)21(27)14-29-13-18-5-4-6-19(23)11-18/h4-11,15-16H,12-14H2,1-3H3,(H,25,28)/t16-/m1/s1. The molecule has 2 aromatic rings. The largest absolute Gasteiger partial charge is 0.352 e. The van der Waals surface area contributed by atoms with Crippen molar-refractivity contribution in [2.45, 2.75) is 45.2 Å². The molecular formula is C22H26ClFN2O2S. The molecule has 0 fully saturated rings. The van der Waals surface area contributed by atoms with E-state index in [-0.39, 0.29) is 36.0 Å². The number of halogens is 2. The number of thioether (sulfide) groups is 1. The molecule has 0 bridgehead atoms. The number of benzene rings is 2. The van der Waals surface area contributed by atoms with Gasteiger partial charge in [-0.05, 0) is 56.2 Å². The third-order valence-corrected chi connectivity index (χ3v) is 5.47. The minimum atomic E-state index is -0.637. The van der Waals surface area contributed by atoms with Crippen molar-refractivity contribution in [3.8, 4) is 0 Å². The molecule has 4 nitrogen and oxygen atoms in total. The summed E-state index contributed by atoms with van der Waals surface area (Å²) in [4.78, 5) is 27.0. The highest BCUT2D eigenvalue weighted by atomic mass is 35.5. The number of carbonyl (C=O) groups excluding carboxylic acids is 2. The molecule has 2 rings (SSSR count). The lowest BCUT2D eigenvalue weighted by molar-refractivity contribution is -0.138. The first kappa shape index (κ1) is 23.2. The number of hydrogen-bond acceptors (Lipinski definition) is 3. The highest BCUT2D eigenvalue weighted by Gasteiger charge is 2.26. The van der Waals surface area contributed by atoms with E-state index in [4.69, 9.17) is 11.6 Å². The van der Waals surface area contributed by atoms with Crippen LogP contribution < -0.4 is 5.32 Å². The van der Waals surface area contributed by atoms with Crippen molar-refractivity contribution in [3.05, 3.63) is 70.5 Å². The maximum Gasteiger partial charge on any atom is 0.242 e. The van der Waals surface area contributed by atoms with Crippen molar-refractivity contribution in [2.75, 3.05) is 5.75 Å². The van der Waals surface area contributed by atoms with E-state index in [1.165, 1.54) is 28.8 Å². The van der Waals surface area contributed by atoms with Gasteiger partial charge in [0.1, 0.15) is 11.9 Å². The van der Waals surface area contributed by atoms with Crippen LogP contribution in [0.2, 0.25) is 5.02 Å². The minimum Gasteiger partial charge on any atom is -0.352 e. The fourth-order valence-electron chi connectivity index (χ4n) is 2.74. The molecule has 0 unspecified atom stereocenters. The molecular weight excluding hydrogens is 411 g/mol. The van der Waals surface area contributed by atoms with Crippen LogP contribution in [-0.2, 0) is 21.9 Å². The van der Waals surface area contributed by atoms with Gasteiger partial charge in [0.05, 0.1) is 5.75 Å². The third kappa shape index (κ3) is 7.71. The van der Waals surface area contributed by atoms with E-state index in [9.17, 15) is 14.0 Å². The number of carbonyl (C=O) groups is 2. The van der Waals surface area contributed by atoms with Crippen LogP contribution in [0.3, 0.4) is 0 Å². The Morgan fingerprint density at radius 2 is 1.79 bits per heavy atom. The first-order valence-corrected chi connectivity index (χ1v) is 11.0. The maximum atomic E-state index is 13.2. The Hall–Kier alpha value is -2.05. The zero-order chi connectivity index (χ0) is 21.4. The lowest BCUT2D eigenvalue weighted by Crippen LogP contribution is -2.49. The SMILES string of the molecule is CC(C)NC(=O)[C@@H](C)N(Cc1ccc(F)cc1)C(=O)CSCc1cccc(Cl)c1. The Kier molecular flexibility index (Phi) is 8.99. The van der Waals surface area contributed by atoms with Crippen LogP contribution in [0.25, 0.3) is 0 Å². The van der Waals surface area contributed by atoms with E-state index in [2.05, 4.69) is 5.32 Å². The van der Waals surface area contributed by atoms with Gasteiger partial charge < -0.3 is 10.2 Å². The Morgan fingerprint density at radius 3 is 2.41 bits per heavy atom. The fraction of sp³-hybridized carbons (Fsp3) is 0.364. The van der Waals surface area contributed by atoms with Crippen LogP contribution in [0.4, 0.5) is 4.39 Å². The molecule has 0 radical (unpaired) electrons. The average Bonchev–Trinajstić information content (AvgIpc) is 2.66. The number of nitrogens with zero attached hydrogens (tertiary/aromatic N) is 1. The van der Waals surface area contributed by atoms with E-state index >= 15 is 0 Å². The monoisotopic (exact) mass is 436 g/mol. The summed E-state index contributed by atoms with van der Waals surface area (Å²) >= 11 is 7.47. The van der Waals surface area contributed by atoms with Crippen molar-refractivity contribution in [1.29, 1.82) is 0 Å². The Balaban J connectivity index is 2.06. The molecule has 0 aliphatic rings. The van der Waals surface area contributed by atoms with Gasteiger partial charge in [0.25, 0.3) is 0 Å². The van der Waals surface area contributed by atoms with Crippen molar-refractivity contribution >= 4 is 35.2 Å². The predicted octanol–water partition coefficient (Wildman–Crippen LogP) is 4.65. The van der Waals surface area contributed by atoms with E-state index in [1.807, 2.05) is 32.0 Å². The van der Waals surface area contributed by atoms with Crippen LogP contribution >= 0.6 is 23.4 Å². The zero-order valence-electron chi connectivity index (χ0n) is 16.8. The summed E-state index contributed by atoms with van der Waals surface area (Å²) in [5.41, 5.74) is 1.80. The quantitative estimate of drug-likeness (QED) is 0.622. The molecule has 2 amide bonds. The Bertz CT molecular complexity index is 830. The second-order valence-corrected chi connectivity index (χ2v) is 8.53. The van der Waals surface area contributed by atoms with Crippen molar-refractivity contribution in [3.63, 3.8) is 0 Å². The van der Waals surface area contributed by atoms with Crippen LogP contribution in [-0.4, -0.2) is 34.6 Å². The molecule has 7 heteroatoms. The molecule has 0 saturated carbocycles. The number of rotatable bonds is 9. The fourth-order valence-corrected chi connectivity index (χ4v) is 3.81. The van der Waals surface area contributed by atoms with Crippen LogP contribution in [0.1, 0.15) is 31.9 Å². The van der Waals surface area contributed by atoms with E-state index in [0.717, 1.165) is 11.1 Å². The molecule has 2 aromatic carbocycles. The topological polar surface area (TPSA) is 49.4 Å². The zero-order valence-corrected chi connectivity index (χ0v) is 18.4. The van der Waals surface area contributed by atoms with Crippen LogP contribution in [0.5, 0.6) is 0 Å². The van der Waals surface area contributed by atoms with Gasteiger partial charge in [-0.15, -0.1) is 11.8 Å². The van der Waals surface area contributed by atoms with Gasteiger partial charge in [-0.1, -0.05) is 35.9 Å². The summed E-state index contributed by atoms with van der Waals surface area (Å²) in [7, 11) is 0. The van der Waals surface area contributed by atoms with Crippen molar-refractivity contribution in [1.82, 2.24) is 10.2 Å². The van der Waals surface area contributed by atoms with Gasteiger partial charge in [-0.25, -0.2) is 4.39 Å². The summed E-state index contributed by atoms with van der Waals surface area (Å²) < 4.78 is 13.2. The second kappa shape index (κ2) is 11.2. The molecule has 156 valence electrons. The first-order valence-electron chi connectivity index (χ1n) is 9.42. The molecule has 1 N–H and O–H groups in total. The molecule has 0 aliphatic heterocycles. The third-order valence-electron chi connectivity index (χ3n) is 4.25. The Morgan fingerprint density at radius 1 is 1.10 bits per heavy atom. The number of amides is 2. The molecule has 0 aromatic heterocycles. The van der Waals surface area contributed by atoms with Gasteiger partial charge in [0.2, 0.25) is 11.8 Å². The van der Waals surface area contributed by atoms with E-state index in [0.29, 0.717) is 10.8 Å². The maximum absolute atomic E-state index is 13.2. The lowest BCUT2D eigenvalue weighted by atomic mass is 10.1. The highest BCUT2D eigenvalue weighted by Crippen LogP contribution is 2.18. The summed E-state index contributed by atoms with van der Waals surface area (Å²) in [6.07, 6.45) is 0. The van der Waals surface area contributed by atoms with Gasteiger partial charge in [0.15, 0.2) is 0 Å². The summed E-state index contributed by atoms with van der Waals surface area (Å²) in [6, 6.07) is 12.8. The first-order chi connectivity index (χ1) is 13.8. The molecule has 0 spiro atoms. The second-order valence-electron chi connectivity index (χ2n) is 7.11. The molecule has 0 saturated heterocycles. The smallest absolute Gasteiger partial charge is 0.242 e. The molecule has 1 atom stereocenters. The summed E-state index contributed by atoms with van der Waals surface area (Å²) in [5.74, 6) is 0.174. The van der Waals surface area contributed by atoms with Crippen LogP contribution in [0.15, 0.2) is 48.5 Å². The molecule has 29 heavy (non-hydrogen) atoms. The summed E-state index contributed by atoms with van der Waals surface area (Å²) in [6.45, 7) is 5.69. The van der Waals surface area contributed by atoms with Crippen molar-refractivity contribution < 1.29 is 14.0 Å². The molecule has 0 heterocycles. The van der Waals surface area contributed by atoms with Gasteiger partial charge in [-0.2, -0.15) is 0 Å². The van der Waals surface area contributed by atoms with Gasteiger partial charge >= 0.3 is 0 Å². The van der Waals surface area contributed by atoms with Gasteiger partial charge in [-0.3, -0.25) is 9.59 Å². The van der Waals surface area contributed by atoms with Gasteiger partial charge in [0, 0.05) is 23.4 Å². The summed E-state index contributed by atoms with van der Waals surface area (Å²) in [5, 5.41) is 3.51. The van der Waals surface area contributed by atoms with E-state index in [1.54, 1.807) is 25.1 Å². The van der Waals surface area contributed by atoms with Crippen molar-refractivity contribution in [2.24, 2.45) is 0 Å². The van der Waals surface area contributed by atoms with E-state index < -0.39 is 6.04 Å². The molecule has 0 aliphatic carbocycles. The Labute approximate surface area is 180 Å².